The Hall–Kier alpha value is -2.28. The van der Waals surface area contributed by atoms with Gasteiger partial charge in [0.05, 0.1) is 59.5 Å². The molecule has 4 aliphatic heterocycles. The Labute approximate surface area is 215 Å². The van der Waals surface area contributed by atoms with Crippen molar-refractivity contribution >= 4 is 16.7 Å². The van der Waals surface area contributed by atoms with Crippen LogP contribution in [0.3, 0.4) is 0 Å². The molecule has 2 atom stereocenters. The SMILES string of the molecule is O=C(c1nn([C@H]2CCCN(CCN3CC(F)(F)C3)C2)c2c1CS(=O)c1c(F)cccc1-2)N1CCOCC1. The zero-order valence-corrected chi connectivity index (χ0v) is 21.3. The Kier molecular flexibility index (Phi) is 6.62. The van der Waals surface area contributed by atoms with Gasteiger partial charge in [0.15, 0.2) is 5.69 Å². The predicted octanol–water partition coefficient (Wildman–Crippen LogP) is 2.37. The van der Waals surface area contributed by atoms with Gasteiger partial charge < -0.3 is 9.64 Å². The van der Waals surface area contributed by atoms with Gasteiger partial charge in [-0.1, -0.05) is 12.1 Å². The average Bonchev–Trinajstić information content (AvgIpc) is 3.26. The van der Waals surface area contributed by atoms with Crippen LogP contribution < -0.4 is 0 Å². The number of piperidine rings is 1. The monoisotopic (exact) mass is 537 g/mol. The highest BCUT2D eigenvalue weighted by Crippen LogP contribution is 2.41. The van der Waals surface area contributed by atoms with Crippen LogP contribution in [-0.2, 0) is 21.3 Å². The number of fused-ring (bicyclic) bond motifs is 3. The summed E-state index contributed by atoms with van der Waals surface area (Å²) in [4.78, 5) is 19.4. The van der Waals surface area contributed by atoms with Gasteiger partial charge in [0.2, 0.25) is 0 Å². The number of aromatic nitrogens is 2. The fraction of sp³-hybridized carbons (Fsp3) is 0.600. The smallest absolute Gasteiger partial charge is 0.274 e. The molecule has 4 aliphatic rings. The van der Waals surface area contributed by atoms with Crippen molar-refractivity contribution in [2.45, 2.75) is 35.5 Å². The summed E-state index contributed by atoms with van der Waals surface area (Å²) in [6.45, 7) is 4.20. The Morgan fingerprint density at radius 2 is 1.89 bits per heavy atom. The maximum Gasteiger partial charge on any atom is 0.274 e. The van der Waals surface area contributed by atoms with E-state index in [1.54, 1.807) is 21.9 Å². The molecule has 6 rings (SSSR count). The zero-order valence-electron chi connectivity index (χ0n) is 20.5. The second-order valence-electron chi connectivity index (χ2n) is 10.3. The fourth-order valence-corrected chi connectivity index (χ4v) is 7.23. The number of nitrogens with zero attached hydrogens (tertiary/aromatic N) is 5. The minimum absolute atomic E-state index is 0.0360. The number of carbonyl (C=O) groups excluding carboxylic acids is 1. The van der Waals surface area contributed by atoms with E-state index in [9.17, 15) is 22.2 Å². The van der Waals surface area contributed by atoms with E-state index >= 15 is 0 Å². The molecule has 37 heavy (non-hydrogen) atoms. The molecule has 3 saturated heterocycles. The average molecular weight is 538 g/mol. The number of hydrogen-bond donors (Lipinski definition) is 0. The van der Waals surface area contributed by atoms with Gasteiger partial charge in [-0.15, -0.1) is 0 Å². The van der Waals surface area contributed by atoms with Crippen LogP contribution >= 0.6 is 0 Å². The molecule has 1 amide bonds. The van der Waals surface area contributed by atoms with Crippen LogP contribution in [0, 0.1) is 5.82 Å². The van der Waals surface area contributed by atoms with E-state index in [0.29, 0.717) is 62.8 Å². The molecule has 5 heterocycles. The molecule has 8 nitrogen and oxygen atoms in total. The first-order valence-corrected chi connectivity index (χ1v) is 14.1. The third kappa shape index (κ3) is 4.73. The third-order valence-corrected chi connectivity index (χ3v) is 9.12. The van der Waals surface area contributed by atoms with Crippen molar-refractivity contribution in [3.8, 4) is 11.3 Å². The Morgan fingerprint density at radius 1 is 1.14 bits per heavy atom. The normalized spacial score (nSPS) is 25.9. The van der Waals surface area contributed by atoms with Gasteiger partial charge in [-0.3, -0.25) is 23.5 Å². The van der Waals surface area contributed by atoms with Crippen LogP contribution in [-0.4, -0.2) is 106 Å². The lowest BCUT2D eigenvalue weighted by molar-refractivity contribution is -0.131. The van der Waals surface area contributed by atoms with E-state index in [1.807, 2.05) is 4.68 Å². The number of carbonyl (C=O) groups is 1. The first kappa shape index (κ1) is 25.0. The largest absolute Gasteiger partial charge is 0.378 e. The summed E-state index contributed by atoms with van der Waals surface area (Å²) >= 11 is 0. The molecular weight excluding hydrogens is 507 g/mol. The number of benzene rings is 1. The first-order valence-electron chi connectivity index (χ1n) is 12.8. The lowest BCUT2D eigenvalue weighted by Crippen LogP contribution is -2.57. The predicted molar refractivity (Wildman–Crippen MR) is 131 cm³/mol. The highest BCUT2D eigenvalue weighted by Gasteiger charge is 2.43. The molecule has 1 aromatic carbocycles. The van der Waals surface area contributed by atoms with E-state index in [0.717, 1.165) is 19.4 Å². The van der Waals surface area contributed by atoms with E-state index < -0.39 is 22.5 Å². The lowest BCUT2D eigenvalue weighted by atomic mass is 10.0. The Balaban J connectivity index is 1.32. The van der Waals surface area contributed by atoms with Crippen molar-refractivity contribution in [1.82, 2.24) is 24.5 Å². The van der Waals surface area contributed by atoms with Crippen LogP contribution in [0.15, 0.2) is 23.1 Å². The molecule has 2 aromatic rings. The molecule has 1 unspecified atom stereocenters. The maximum atomic E-state index is 14.8. The summed E-state index contributed by atoms with van der Waals surface area (Å²) in [6, 6.07) is 4.58. The molecule has 200 valence electrons. The number of morpholine rings is 1. The quantitative estimate of drug-likeness (QED) is 0.584. The highest BCUT2D eigenvalue weighted by atomic mass is 32.2. The van der Waals surface area contributed by atoms with Crippen molar-refractivity contribution < 1.29 is 26.9 Å². The third-order valence-electron chi connectivity index (χ3n) is 7.70. The molecule has 0 spiro atoms. The molecule has 12 heteroatoms. The molecule has 0 bridgehead atoms. The number of alkyl halides is 2. The van der Waals surface area contributed by atoms with Crippen LogP contribution in [0.2, 0.25) is 0 Å². The van der Waals surface area contributed by atoms with Crippen LogP contribution in [0.1, 0.15) is 34.9 Å². The zero-order chi connectivity index (χ0) is 25.7. The standard InChI is InChI=1S/C25H30F3N5O3S/c26-20-5-1-4-18-22-19(14-37(35)23(18)20)21(24(34)32-9-11-36-12-10-32)29-33(22)17-3-2-6-30(13-17)7-8-31-15-25(27,28)16-31/h1,4-5,17H,2-3,6-16H2/t17-,37?/m0/s1. The second kappa shape index (κ2) is 9.79. The van der Waals surface area contributed by atoms with Gasteiger partial charge in [-0.2, -0.15) is 5.10 Å². The van der Waals surface area contributed by atoms with Crippen molar-refractivity contribution in [2.24, 2.45) is 0 Å². The number of halogens is 3. The number of ether oxygens (including phenoxy) is 1. The first-order chi connectivity index (χ1) is 17.8. The summed E-state index contributed by atoms with van der Waals surface area (Å²) in [6.07, 6.45) is 1.72. The van der Waals surface area contributed by atoms with E-state index in [2.05, 4.69) is 4.90 Å². The van der Waals surface area contributed by atoms with Crippen LogP contribution in [0.25, 0.3) is 11.3 Å². The van der Waals surface area contributed by atoms with Gasteiger partial charge in [-0.05, 0) is 25.5 Å². The van der Waals surface area contributed by atoms with Gasteiger partial charge in [0.25, 0.3) is 11.8 Å². The fourth-order valence-electron chi connectivity index (χ4n) is 5.86. The van der Waals surface area contributed by atoms with Crippen molar-refractivity contribution in [3.63, 3.8) is 0 Å². The van der Waals surface area contributed by atoms with Crippen LogP contribution in [0.4, 0.5) is 13.2 Å². The van der Waals surface area contributed by atoms with E-state index in [4.69, 9.17) is 9.84 Å². The molecule has 0 radical (unpaired) electrons. The van der Waals surface area contributed by atoms with Crippen molar-refractivity contribution in [2.75, 3.05) is 65.6 Å². The minimum atomic E-state index is -2.58. The number of rotatable bonds is 5. The topological polar surface area (TPSA) is 70.9 Å². The Morgan fingerprint density at radius 3 is 2.65 bits per heavy atom. The summed E-state index contributed by atoms with van der Waals surface area (Å²) in [5.41, 5.74) is 2.07. The highest BCUT2D eigenvalue weighted by molar-refractivity contribution is 7.84. The molecule has 0 saturated carbocycles. The maximum absolute atomic E-state index is 14.8. The van der Waals surface area contributed by atoms with Gasteiger partial charge in [0.1, 0.15) is 5.82 Å². The lowest BCUT2D eigenvalue weighted by Gasteiger charge is -2.41. The Bertz CT molecular complexity index is 1220. The summed E-state index contributed by atoms with van der Waals surface area (Å²) < 4.78 is 61.6. The molecule has 3 fully saturated rings. The second-order valence-corrected chi connectivity index (χ2v) is 11.7. The number of amides is 1. The summed E-state index contributed by atoms with van der Waals surface area (Å²) in [7, 11) is -1.63. The van der Waals surface area contributed by atoms with Gasteiger partial charge >= 0.3 is 0 Å². The van der Waals surface area contributed by atoms with Crippen LogP contribution in [0.5, 0.6) is 0 Å². The summed E-state index contributed by atoms with van der Waals surface area (Å²) in [5, 5.41) is 4.82. The van der Waals surface area contributed by atoms with Gasteiger partial charge in [-0.25, -0.2) is 13.2 Å². The van der Waals surface area contributed by atoms with Gasteiger partial charge in [0, 0.05) is 43.9 Å². The number of likely N-dealkylation sites (tertiary alicyclic amines) is 2. The molecule has 0 N–H and O–H groups in total. The summed E-state index contributed by atoms with van der Waals surface area (Å²) in [5.74, 6) is -3.28. The minimum Gasteiger partial charge on any atom is -0.378 e. The van der Waals surface area contributed by atoms with Crippen molar-refractivity contribution in [3.05, 3.63) is 35.3 Å². The molecular formula is C25H30F3N5O3S. The van der Waals surface area contributed by atoms with E-state index in [1.165, 1.54) is 6.07 Å². The van der Waals surface area contributed by atoms with Crippen molar-refractivity contribution in [1.29, 1.82) is 0 Å². The van der Waals surface area contributed by atoms with E-state index in [-0.39, 0.29) is 41.4 Å². The molecule has 1 aromatic heterocycles. The number of hydrogen-bond acceptors (Lipinski definition) is 6. The molecule has 0 aliphatic carbocycles.